The smallest absolute Gasteiger partial charge is 0.343 e. The van der Waals surface area contributed by atoms with Crippen molar-refractivity contribution in [2.75, 3.05) is 20.8 Å². The van der Waals surface area contributed by atoms with E-state index in [-0.39, 0.29) is 64.1 Å². The number of carbonyl (C=O) groups is 3. The highest BCUT2D eigenvalue weighted by Crippen LogP contribution is 2.66. The molecule has 398 valence electrons. The third-order valence-electron chi connectivity index (χ3n) is 15.4. The fourth-order valence-electron chi connectivity index (χ4n) is 10.9. The summed E-state index contributed by atoms with van der Waals surface area (Å²) >= 11 is 0. The topological polar surface area (TPSA) is 261 Å². The van der Waals surface area contributed by atoms with Crippen LogP contribution in [0.15, 0.2) is 82.3 Å². The number of nitrogens with two attached hydrogens (primary N) is 1. The van der Waals surface area contributed by atoms with Gasteiger partial charge in [0.2, 0.25) is 6.29 Å². The molecular formula is C57H71N3O14. The second kappa shape index (κ2) is 21.2. The molecule has 0 radical (unpaired) electrons. The number of esters is 2. The molecule has 0 amide bonds. The van der Waals surface area contributed by atoms with Crippen LogP contribution in [-0.2, 0) is 25.5 Å². The second-order valence-corrected chi connectivity index (χ2v) is 21.2. The van der Waals surface area contributed by atoms with E-state index in [0.29, 0.717) is 41.0 Å². The Balaban J connectivity index is 1.52. The van der Waals surface area contributed by atoms with E-state index >= 15 is 4.79 Å². The van der Waals surface area contributed by atoms with E-state index in [0.717, 1.165) is 11.1 Å². The third kappa shape index (κ3) is 9.45. The van der Waals surface area contributed by atoms with Gasteiger partial charge in [-0.3, -0.25) is 4.79 Å². The number of ether oxygens (including phenoxy) is 6. The summed E-state index contributed by atoms with van der Waals surface area (Å²) < 4.78 is 37.8. The van der Waals surface area contributed by atoms with Crippen LogP contribution in [0.25, 0.3) is 11.8 Å². The lowest BCUT2D eigenvalue weighted by molar-refractivity contribution is -0.277. The summed E-state index contributed by atoms with van der Waals surface area (Å²) in [7, 11) is 2.92. The minimum Gasteiger partial charge on any atom is -0.482 e. The summed E-state index contributed by atoms with van der Waals surface area (Å²) in [5, 5.41) is 65.7. The number of aliphatic hydroxyl groups excluding tert-OH is 4. The molecule has 5 aliphatic rings. The fourth-order valence-corrected chi connectivity index (χ4v) is 10.9. The first kappa shape index (κ1) is 55.5. The Morgan fingerprint density at radius 2 is 1.64 bits per heavy atom. The number of nitrogens with zero attached hydrogens (tertiary/aromatic N) is 2. The van der Waals surface area contributed by atoms with Crippen molar-refractivity contribution in [2.45, 2.75) is 142 Å². The number of hydrogen-bond acceptors (Lipinski definition) is 17. The summed E-state index contributed by atoms with van der Waals surface area (Å²) in [6.07, 6.45) is 2.83. The van der Waals surface area contributed by atoms with Crippen LogP contribution in [-0.4, -0.2) is 116 Å². The van der Waals surface area contributed by atoms with E-state index in [2.05, 4.69) is 12.1 Å². The number of benzene rings is 2. The number of allylic oxidation sites excluding steroid dienone is 5. The number of fused-ring (bicyclic) bond motifs is 3. The molecule has 74 heavy (non-hydrogen) atoms. The lowest BCUT2D eigenvalue weighted by Crippen LogP contribution is -2.74. The SMILES string of the molecule is COC(=O)/C(C)=C\CC1(O)C(=O)C(C)C2C(C#N)=C(N)N(C)C3=C2C1(C(C)C(C)C)Oc1c(CC=C(C)C)c2c(c(OC(=O)c4ccc(O[C@@H]5O[C@H](CO)[C@@H](O)[C@H](O)[C@H]5O)cc4)c13)C=CC(C)(CCC=C(C)C)O2. The molecule has 2 fully saturated rings. The minimum atomic E-state index is -2.40. The van der Waals surface area contributed by atoms with Gasteiger partial charge >= 0.3 is 11.9 Å². The number of rotatable bonds is 15. The summed E-state index contributed by atoms with van der Waals surface area (Å²) in [5.41, 5.74) is 6.06. The van der Waals surface area contributed by atoms with Gasteiger partial charge in [-0.05, 0) is 103 Å². The molecule has 0 aromatic heterocycles. The molecule has 2 aromatic rings. The van der Waals surface area contributed by atoms with E-state index < -0.39 is 89.6 Å². The zero-order chi connectivity index (χ0) is 54.5. The van der Waals surface area contributed by atoms with E-state index in [9.17, 15) is 40.4 Å². The first-order chi connectivity index (χ1) is 34.8. The normalized spacial score (nSPS) is 29.5. The summed E-state index contributed by atoms with van der Waals surface area (Å²) in [6.45, 7) is 18.2. The maximum absolute atomic E-state index is 15.4. The van der Waals surface area contributed by atoms with Gasteiger partial charge in [0.05, 0.1) is 47.7 Å². The molecule has 4 heterocycles. The average Bonchev–Trinajstić information content (AvgIpc) is 3.36. The maximum Gasteiger partial charge on any atom is 0.343 e. The predicted molar refractivity (Wildman–Crippen MR) is 274 cm³/mol. The number of aliphatic hydroxyl groups is 5. The van der Waals surface area contributed by atoms with Crippen molar-refractivity contribution >= 4 is 29.5 Å². The quantitative estimate of drug-likeness (QED) is 0.0491. The molecule has 6 unspecified atom stereocenters. The van der Waals surface area contributed by atoms with Gasteiger partial charge in [-0.25, -0.2) is 9.59 Å². The first-order valence-corrected chi connectivity index (χ1v) is 25.1. The first-order valence-electron chi connectivity index (χ1n) is 25.1. The number of nitriles is 1. The molecule has 0 bridgehead atoms. The van der Waals surface area contributed by atoms with E-state index in [1.54, 1.807) is 18.9 Å². The molecular weight excluding hydrogens is 951 g/mol. The molecule has 0 spiro atoms. The van der Waals surface area contributed by atoms with Crippen LogP contribution in [0.4, 0.5) is 0 Å². The van der Waals surface area contributed by atoms with Crippen molar-refractivity contribution in [3.8, 4) is 29.1 Å². The largest absolute Gasteiger partial charge is 0.482 e. The summed E-state index contributed by atoms with van der Waals surface area (Å²) in [5.74, 6) is -4.54. The van der Waals surface area contributed by atoms with Crippen molar-refractivity contribution in [3.05, 3.63) is 105 Å². The molecule has 11 atom stereocenters. The number of carbonyl (C=O) groups excluding carboxylic acids is 3. The Morgan fingerprint density at radius 1 is 0.973 bits per heavy atom. The van der Waals surface area contributed by atoms with Crippen LogP contribution >= 0.6 is 0 Å². The van der Waals surface area contributed by atoms with Gasteiger partial charge in [-0.15, -0.1) is 0 Å². The van der Waals surface area contributed by atoms with E-state index in [1.807, 2.05) is 73.6 Å². The Labute approximate surface area is 432 Å². The number of ketones is 1. The van der Waals surface area contributed by atoms with Gasteiger partial charge in [0.15, 0.2) is 22.7 Å². The van der Waals surface area contributed by atoms with Gasteiger partial charge in [-0.2, -0.15) is 5.26 Å². The highest BCUT2D eigenvalue weighted by Gasteiger charge is 2.72. The minimum absolute atomic E-state index is 0.00632. The Morgan fingerprint density at radius 3 is 2.23 bits per heavy atom. The van der Waals surface area contributed by atoms with Gasteiger partial charge < -0.3 is 64.6 Å². The van der Waals surface area contributed by atoms with Gasteiger partial charge in [0.1, 0.15) is 53.1 Å². The van der Waals surface area contributed by atoms with Crippen LogP contribution < -0.4 is 24.7 Å². The molecule has 1 aliphatic carbocycles. The Hall–Kier alpha value is -6.26. The lowest BCUT2D eigenvalue weighted by Gasteiger charge is -2.61. The van der Waals surface area contributed by atoms with Gasteiger partial charge in [0.25, 0.3) is 0 Å². The molecule has 1 saturated carbocycles. The van der Waals surface area contributed by atoms with Crippen molar-refractivity contribution in [3.63, 3.8) is 0 Å². The standard InChI is InChI=1S/C57H71N3O14/c1-28(2)14-13-23-55(10)24-22-37-47(73-55)36(20-15-29(3)4)49-41(48(37)72-53(67)34-16-18-35(19-17-34)70-54-46(64)45(63)44(62)39(27-61)71-54)43-42-40(38(26-58)51(59)60(43)11)32(8)50(65)56(68,25-21-31(7)52(66)69-12)57(42,74-49)33(9)30(5)6/h14-19,21-22,24,30,32-33,39-40,44-46,54,61-64,68H,13,20,23,25,27,59H2,1-12H3/b31-21-/t32?,33?,39-,40?,44-,45+,46-,54-,55?,56?,57?/m1/s1. The van der Waals surface area contributed by atoms with Crippen molar-refractivity contribution in [1.82, 2.24) is 4.90 Å². The fraction of sp³-hybridized carbons (Fsp3) is 0.509. The number of Topliss-reactive ketones (excluding diaryl/α,β-unsaturated/α-hetero) is 1. The number of hydrogen-bond donors (Lipinski definition) is 6. The summed E-state index contributed by atoms with van der Waals surface area (Å²) in [4.78, 5) is 44.8. The highest BCUT2D eigenvalue weighted by atomic mass is 16.7. The maximum atomic E-state index is 15.4. The molecule has 17 nitrogen and oxygen atoms in total. The van der Waals surface area contributed by atoms with E-state index in [1.165, 1.54) is 44.4 Å². The second-order valence-electron chi connectivity index (χ2n) is 21.2. The van der Waals surface area contributed by atoms with Gasteiger partial charge in [0, 0.05) is 47.9 Å². The number of methoxy groups -OCH3 is 1. The lowest BCUT2D eigenvalue weighted by atomic mass is 9.50. The van der Waals surface area contributed by atoms with Crippen LogP contribution in [0, 0.1) is 35.0 Å². The Bertz CT molecular complexity index is 2810. The van der Waals surface area contributed by atoms with E-state index in [4.69, 9.17) is 34.2 Å². The van der Waals surface area contributed by atoms with Crippen LogP contribution in [0.3, 0.4) is 0 Å². The van der Waals surface area contributed by atoms with Crippen LogP contribution in [0.2, 0.25) is 0 Å². The zero-order valence-corrected chi connectivity index (χ0v) is 44.3. The molecule has 4 aliphatic heterocycles. The molecule has 7 rings (SSSR count). The zero-order valence-electron chi connectivity index (χ0n) is 44.3. The van der Waals surface area contributed by atoms with Gasteiger partial charge in [-0.1, -0.05) is 57.1 Å². The third-order valence-corrected chi connectivity index (χ3v) is 15.4. The Kier molecular flexibility index (Phi) is 15.9. The van der Waals surface area contributed by atoms with Crippen molar-refractivity contribution < 1.29 is 68.3 Å². The predicted octanol–water partition coefficient (Wildman–Crippen LogP) is 6.35. The molecule has 2 aromatic carbocycles. The van der Waals surface area contributed by atoms with Crippen LogP contribution in [0.1, 0.15) is 116 Å². The molecule has 1 saturated heterocycles. The monoisotopic (exact) mass is 1020 g/mol. The summed E-state index contributed by atoms with van der Waals surface area (Å²) in [6, 6.07) is 7.98. The van der Waals surface area contributed by atoms with Crippen molar-refractivity contribution in [2.24, 2.45) is 29.4 Å². The van der Waals surface area contributed by atoms with Crippen molar-refractivity contribution in [1.29, 1.82) is 5.26 Å². The average molecular weight is 1020 g/mol. The molecule has 17 heteroatoms. The highest BCUT2D eigenvalue weighted by molar-refractivity contribution is 6.01. The molecule has 7 N–H and O–H groups in total. The van der Waals surface area contributed by atoms with Crippen LogP contribution in [0.5, 0.6) is 23.0 Å².